The molecular formula is C17H24F2N2O3. The lowest BCUT2D eigenvalue weighted by Crippen LogP contribution is -2.44. The van der Waals surface area contributed by atoms with Crippen molar-refractivity contribution in [3.63, 3.8) is 0 Å². The molecule has 2 atom stereocenters. The van der Waals surface area contributed by atoms with Gasteiger partial charge in [0.15, 0.2) is 0 Å². The fourth-order valence-corrected chi connectivity index (χ4v) is 2.72. The molecule has 0 radical (unpaired) electrons. The lowest BCUT2D eigenvalue weighted by atomic mass is 9.95. The van der Waals surface area contributed by atoms with Crippen molar-refractivity contribution >= 4 is 6.03 Å². The minimum atomic E-state index is -1.64. The average molecular weight is 342 g/mol. The van der Waals surface area contributed by atoms with Crippen molar-refractivity contribution in [2.24, 2.45) is 0 Å². The molecule has 2 rings (SSSR count). The van der Waals surface area contributed by atoms with Crippen molar-refractivity contribution in [3.8, 4) is 0 Å². The Balaban J connectivity index is 1.75. The number of ether oxygens (including phenoxy) is 1. The zero-order chi connectivity index (χ0) is 17.6. The number of carbonyl (C=O) groups is 1. The Morgan fingerprint density at radius 3 is 2.83 bits per heavy atom. The summed E-state index contributed by atoms with van der Waals surface area (Å²) in [4.78, 5) is 11.8. The summed E-state index contributed by atoms with van der Waals surface area (Å²) in [6, 6.07) is 2.49. The summed E-state index contributed by atoms with van der Waals surface area (Å²) in [7, 11) is 0. The molecule has 1 aromatic carbocycles. The normalized spacial score (nSPS) is 20.2. The molecule has 5 nitrogen and oxygen atoms in total. The van der Waals surface area contributed by atoms with Crippen molar-refractivity contribution < 1.29 is 23.4 Å². The summed E-state index contributed by atoms with van der Waals surface area (Å²) in [5.41, 5.74) is -1.71. The maximum absolute atomic E-state index is 13.7. The van der Waals surface area contributed by atoms with Gasteiger partial charge in [-0.25, -0.2) is 13.6 Å². The van der Waals surface area contributed by atoms with Crippen LogP contribution < -0.4 is 10.6 Å². The van der Waals surface area contributed by atoms with E-state index in [4.69, 9.17) is 4.74 Å². The number of nitrogens with one attached hydrogen (secondary N) is 2. The monoisotopic (exact) mass is 342 g/mol. The highest BCUT2D eigenvalue weighted by molar-refractivity contribution is 5.73. The third kappa shape index (κ3) is 5.42. The molecule has 1 aliphatic heterocycles. The quantitative estimate of drug-likeness (QED) is 0.744. The van der Waals surface area contributed by atoms with E-state index in [1.807, 2.05) is 0 Å². The van der Waals surface area contributed by atoms with Gasteiger partial charge in [-0.2, -0.15) is 0 Å². The summed E-state index contributed by atoms with van der Waals surface area (Å²) < 4.78 is 32.2. The number of amides is 2. The molecule has 0 aliphatic carbocycles. The Hall–Kier alpha value is -1.73. The highest BCUT2D eigenvalue weighted by Crippen LogP contribution is 2.23. The highest BCUT2D eigenvalue weighted by atomic mass is 19.1. The molecule has 0 spiro atoms. The Morgan fingerprint density at radius 2 is 2.17 bits per heavy atom. The molecule has 3 N–H and O–H groups in total. The van der Waals surface area contributed by atoms with E-state index in [9.17, 15) is 18.7 Å². The van der Waals surface area contributed by atoms with E-state index in [1.165, 1.54) is 13.0 Å². The van der Waals surface area contributed by atoms with Gasteiger partial charge >= 0.3 is 6.03 Å². The van der Waals surface area contributed by atoms with E-state index in [0.717, 1.165) is 38.4 Å². The van der Waals surface area contributed by atoms with Gasteiger partial charge in [-0.15, -0.1) is 0 Å². The van der Waals surface area contributed by atoms with Gasteiger partial charge < -0.3 is 20.5 Å². The van der Waals surface area contributed by atoms with E-state index >= 15 is 0 Å². The molecule has 1 fully saturated rings. The van der Waals surface area contributed by atoms with E-state index < -0.39 is 23.3 Å². The standard InChI is InChI=1S/C17H24F2N2O3/c1-17(23,14-6-5-12(18)10-15(14)19)11-21-16(22)20-8-7-13-4-2-3-9-24-13/h5-6,10,13,23H,2-4,7-9,11H2,1H3,(H2,20,21,22). The maximum atomic E-state index is 13.7. The first-order chi connectivity index (χ1) is 11.4. The van der Waals surface area contributed by atoms with Crippen LogP contribution in [0.1, 0.15) is 38.2 Å². The van der Waals surface area contributed by atoms with Crippen molar-refractivity contribution in [2.75, 3.05) is 19.7 Å². The summed E-state index contributed by atoms with van der Waals surface area (Å²) in [5, 5.41) is 15.5. The van der Waals surface area contributed by atoms with Crippen LogP contribution in [0.2, 0.25) is 0 Å². The van der Waals surface area contributed by atoms with Gasteiger partial charge in [0, 0.05) is 24.8 Å². The fourth-order valence-electron chi connectivity index (χ4n) is 2.72. The lowest BCUT2D eigenvalue weighted by Gasteiger charge is -2.25. The highest BCUT2D eigenvalue weighted by Gasteiger charge is 2.27. The van der Waals surface area contributed by atoms with E-state index in [2.05, 4.69) is 10.6 Å². The van der Waals surface area contributed by atoms with Crippen molar-refractivity contribution in [2.45, 2.75) is 44.3 Å². The topological polar surface area (TPSA) is 70.6 Å². The van der Waals surface area contributed by atoms with E-state index in [1.54, 1.807) is 0 Å². The second-order valence-corrected chi connectivity index (χ2v) is 6.28. The van der Waals surface area contributed by atoms with Crippen LogP contribution in [0.5, 0.6) is 0 Å². The molecule has 134 valence electrons. The minimum Gasteiger partial charge on any atom is -0.383 e. The van der Waals surface area contributed by atoms with Crippen LogP contribution in [0, 0.1) is 11.6 Å². The van der Waals surface area contributed by atoms with Gasteiger partial charge in [0.05, 0.1) is 12.6 Å². The zero-order valence-corrected chi connectivity index (χ0v) is 13.8. The average Bonchev–Trinajstić information content (AvgIpc) is 2.54. The second kappa shape index (κ2) is 8.39. The zero-order valence-electron chi connectivity index (χ0n) is 13.8. The largest absolute Gasteiger partial charge is 0.383 e. The van der Waals surface area contributed by atoms with Gasteiger partial charge in [-0.05, 0) is 38.7 Å². The van der Waals surface area contributed by atoms with Crippen LogP contribution in [0.25, 0.3) is 0 Å². The van der Waals surface area contributed by atoms with Crippen LogP contribution in [0.4, 0.5) is 13.6 Å². The number of benzene rings is 1. The van der Waals surface area contributed by atoms with Crippen LogP contribution in [-0.4, -0.2) is 36.9 Å². The Morgan fingerprint density at radius 1 is 1.38 bits per heavy atom. The molecule has 0 bridgehead atoms. The molecule has 7 heteroatoms. The summed E-state index contributed by atoms with van der Waals surface area (Å²) in [6.07, 6.45) is 4.14. The molecule has 0 saturated carbocycles. The fraction of sp³-hybridized carbons (Fsp3) is 0.588. The third-order valence-corrected chi connectivity index (χ3v) is 4.13. The van der Waals surface area contributed by atoms with Gasteiger partial charge in [0.2, 0.25) is 0 Å². The molecule has 1 aromatic rings. The molecule has 2 amide bonds. The van der Waals surface area contributed by atoms with Crippen molar-refractivity contribution in [1.29, 1.82) is 0 Å². The first kappa shape index (κ1) is 18.6. The molecule has 1 aliphatic rings. The molecule has 1 saturated heterocycles. The van der Waals surface area contributed by atoms with Crippen LogP contribution in [-0.2, 0) is 10.3 Å². The number of halogens is 2. The summed E-state index contributed by atoms with van der Waals surface area (Å²) in [6.45, 7) is 2.40. The summed E-state index contributed by atoms with van der Waals surface area (Å²) >= 11 is 0. The number of aliphatic hydroxyl groups is 1. The number of carbonyl (C=O) groups excluding carboxylic acids is 1. The summed E-state index contributed by atoms with van der Waals surface area (Å²) in [5.74, 6) is -1.57. The second-order valence-electron chi connectivity index (χ2n) is 6.28. The Labute approximate surface area is 140 Å². The minimum absolute atomic E-state index is 0.0696. The van der Waals surface area contributed by atoms with Crippen LogP contribution in [0.3, 0.4) is 0 Å². The third-order valence-electron chi connectivity index (χ3n) is 4.13. The Bertz CT molecular complexity index is 561. The van der Waals surface area contributed by atoms with Crippen molar-refractivity contribution in [3.05, 3.63) is 35.4 Å². The number of hydrogen-bond donors (Lipinski definition) is 3. The van der Waals surface area contributed by atoms with Gasteiger partial charge in [0.1, 0.15) is 17.2 Å². The number of hydrogen-bond acceptors (Lipinski definition) is 3. The first-order valence-electron chi connectivity index (χ1n) is 8.20. The molecule has 24 heavy (non-hydrogen) atoms. The SMILES string of the molecule is CC(O)(CNC(=O)NCCC1CCCCO1)c1ccc(F)cc1F. The van der Waals surface area contributed by atoms with Gasteiger partial charge in [0.25, 0.3) is 0 Å². The number of urea groups is 1. The lowest BCUT2D eigenvalue weighted by molar-refractivity contribution is 0.0119. The van der Waals surface area contributed by atoms with E-state index in [-0.39, 0.29) is 18.2 Å². The molecule has 0 aromatic heterocycles. The van der Waals surface area contributed by atoms with E-state index in [0.29, 0.717) is 12.6 Å². The van der Waals surface area contributed by atoms with Gasteiger partial charge in [-0.3, -0.25) is 0 Å². The molecular weight excluding hydrogens is 318 g/mol. The van der Waals surface area contributed by atoms with Gasteiger partial charge in [-0.1, -0.05) is 6.07 Å². The predicted molar refractivity (Wildman–Crippen MR) is 85.5 cm³/mol. The Kier molecular flexibility index (Phi) is 6.51. The van der Waals surface area contributed by atoms with Crippen molar-refractivity contribution in [1.82, 2.24) is 10.6 Å². The van der Waals surface area contributed by atoms with Crippen LogP contribution in [0.15, 0.2) is 18.2 Å². The predicted octanol–water partition coefficient (Wildman–Crippen LogP) is 2.43. The van der Waals surface area contributed by atoms with Crippen LogP contribution >= 0.6 is 0 Å². The first-order valence-corrected chi connectivity index (χ1v) is 8.20. The molecule has 1 heterocycles. The smallest absolute Gasteiger partial charge is 0.314 e. The molecule has 2 unspecified atom stereocenters. The number of rotatable bonds is 6. The maximum Gasteiger partial charge on any atom is 0.314 e.